The molecule has 0 aromatic heterocycles. The molecule has 0 fully saturated rings. The molecule has 0 aliphatic heterocycles. The summed E-state index contributed by atoms with van der Waals surface area (Å²) in [5, 5.41) is 2.11. The first-order chi connectivity index (χ1) is 9.71. The van der Waals surface area contributed by atoms with E-state index in [1.54, 1.807) is 26.4 Å². The van der Waals surface area contributed by atoms with Crippen molar-refractivity contribution in [2.75, 3.05) is 14.2 Å². The quantitative estimate of drug-likeness (QED) is 0.877. The summed E-state index contributed by atoms with van der Waals surface area (Å²) in [5.74, 6) is 1.36. The zero-order valence-electron chi connectivity index (χ0n) is 11.7. The minimum atomic E-state index is -0.195. The molecular weight excluding hydrogens is 257 g/mol. The van der Waals surface area contributed by atoms with E-state index in [0.717, 1.165) is 35.7 Å². The zero-order valence-corrected chi connectivity index (χ0v) is 11.7. The first-order valence-electron chi connectivity index (χ1n) is 6.49. The summed E-state index contributed by atoms with van der Waals surface area (Å²) < 4.78 is 23.5. The molecule has 2 aromatic carbocycles. The van der Waals surface area contributed by atoms with Crippen molar-refractivity contribution in [1.82, 2.24) is 0 Å². The van der Waals surface area contributed by atoms with Crippen molar-refractivity contribution in [2.24, 2.45) is 0 Å². The highest BCUT2D eigenvalue weighted by Crippen LogP contribution is 2.21. The van der Waals surface area contributed by atoms with E-state index in [1.165, 1.54) is 6.07 Å². The fourth-order valence-electron chi connectivity index (χ4n) is 2.05. The SMILES string of the molecule is COc1cc(C[NH2+]Cc2cccc(F)c2)cc(OC)c1. The average Bonchev–Trinajstić information content (AvgIpc) is 2.47. The van der Waals surface area contributed by atoms with Crippen molar-refractivity contribution in [3.8, 4) is 11.5 Å². The second kappa shape index (κ2) is 6.91. The van der Waals surface area contributed by atoms with Crippen LogP contribution < -0.4 is 14.8 Å². The van der Waals surface area contributed by atoms with Crippen molar-refractivity contribution in [1.29, 1.82) is 0 Å². The molecule has 2 rings (SSSR count). The van der Waals surface area contributed by atoms with Gasteiger partial charge in [-0.15, -0.1) is 0 Å². The number of ether oxygens (including phenoxy) is 2. The summed E-state index contributed by atoms with van der Waals surface area (Å²) in [7, 11) is 3.27. The van der Waals surface area contributed by atoms with Gasteiger partial charge in [-0.05, 0) is 24.3 Å². The van der Waals surface area contributed by atoms with Gasteiger partial charge in [0.05, 0.1) is 14.2 Å². The van der Waals surface area contributed by atoms with Gasteiger partial charge in [-0.1, -0.05) is 12.1 Å². The smallest absolute Gasteiger partial charge is 0.123 e. The predicted octanol–water partition coefficient (Wildman–Crippen LogP) is 2.11. The summed E-state index contributed by atoms with van der Waals surface area (Å²) in [5.41, 5.74) is 2.08. The molecule has 2 aromatic rings. The molecule has 0 aliphatic carbocycles. The fraction of sp³-hybridized carbons (Fsp3) is 0.250. The van der Waals surface area contributed by atoms with E-state index >= 15 is 0 Å². The molecule has 0 radical (unpaired) electrons. The topological polar surface area (TPSA) is 35.1 Å². The molecule has 0 spiro atoms. The number of rotatable bonds is 6. The summed E-state index contributed by atoms with van der Waals surface area (Å²) in [6, 6.07) is 12.5. The molecule has 3 nitrogen and oxygen atoms in total. The van der Waals surface area contributed by atoms with Crippen LogP contribution >= 0.6 is 0 Å². The van der Waals surface area contributed by atoms with Crippen LogP contribution in [0.4, 0.5) is 4.39 Å². The van der Waals surface area contributed by atoms with E-state index in [1.807, 2.05) is 24.3 Å². The molecule has 0 heterocycles. The highest BCUT2D eigenvalue weighted by atomic mass is 19.1. The predicted molar refractivity (Wildman–Crippen MR) is 75.3 cm³/mol. The van der Waals surface area contributed by atoms with Crippen molar-refractivity contribution >= 4 is 0 Å². The maximum absolute atomic E-state index is 13.1. The Balaban J connectivity index is 1.96. The van der Waals surface area contributed by atoms with Crippen LogP contribution in [0.2, 0.25) is 0 Å². The first kappa shape index (κ1) is 14.3. The standard InChI is InChI=1S/C16H18FNO2/c1-19-15-7-13(8-16(9-15)20-2)11-18-10-12-4-3-5-14(17)6-12/h3-9,18H,10-11H2,1-2H3/p+1. The highest BCUT2D eigenvalue weighted by Gasteiger charge is 2.04. The van der Waals surface area contributed by atoms with Gasteiger partial charge in [0, 0.05) is 17.2 Å². The van der Waals surface area contributed by atoms with E-state index < -0.39 is 0 Å². The molecule has 0 aliphatic rings. The number of quaternary nitrogens is 1. The Labute approximate surface area is 118 Å². The monoisotopic (exact) mass is 276 g/mol. The lowest BCUT2D eigenvalue weighted by atomic mass is 10.2. The van der Waals surface area contributed by atoms with Gasteiger partial charge in [-0.25, -0.2) is 4.39 Å². The Morgan fingerprint density at radius 2 is 1.55 bits per heavy atom. The third-order valence-electron chi connectivity index (χ3n) is 3.06. The lowest BCUT2D eigenvalue weighted by molar-refractivity contribution is -0.686. The van der Waals surface area contributed by atoms with E-state index in [9.17, 15) is 4.39 Å². The van der Waals surface area contributed by atoms with E-state index in [0.29, 0.717) is 0 Å². The lowest BCUT2D eigenvalue weighted by Gasteiger charge is -2.08. The molecule has 4 heteroatoms. The number of hydrogen-bond donors (Lipinski definition) is 1. The summed E-state index contributed by atoms with van der Waals surface area (Å²) in [4.78, 5) is 0. The second-order valence-electron chi connectivity index (χ2n) is 4.55. The first-order valence-corrected chi connectivity index (χ1v) is 6.49. The van der Waals surface area contributed by atoms with Crippen LogP contribution in [0.15, 0.2) is 42.5 Å². The molecular formula is C16H19FNO2+. The number of hydrogen-bond acceptors (Lipinski definition) is 2. The van der Waals surface area contributed by atoms with Crippen LogP contribution in [0.1, 0.15) is 11.1 Å². The van der Waals surface area contributed by atoms with Crippen LogP contribution in [0.5, 0.6) is 11.5 Å². The second-order valence-corrected chi connectivity index (χ2v) is 4.55. The van der Waals surface area contributed by atoms with Gasteiger partial charge in [-0.3, -0.25) is 0 Å². The molecule has 2 N–H and O–H groups in total. The Hall–Kier alpha value is -2.07. The number of methoxy groups -OCH3 is 2. The van der Waals surface area contributed by atoms with Crippen LogP contribution in [0, 0.1) is 5.82 Å². The summed E-state index contributed by atoms with van der Waals surface area (Å²) in [6.07, 6.45) is 0. The maximum atomic E-state index is 13.1. The molecule has 20 heavy (non-hydrogen) atoms. The fourth-order valence-corrected chi connectivity index (χ4v) is 2.05. The summed E-state index contributed by atoms with van der Waals surface area (Å²) in [6.45, 7) is 1.52. The van der Waals surface area contributed by atoms with Gasteiger partial charge in [0.1, 0.15) is 30.4 Å². The number of benzene rings is 2. The van der Waals surface area contributed by atoms with Gasteiger partial charge >= 0.3 is 0 Å². The highest BCUT2D eigenvalue weighted by molar-refractivity contribution is 5.38. The van der Waals surface area contributed by atoms with Crippen molar-refractivity contribution in [3.05, 3.63) is 59.4 Å². The third-order valence-corrected chi connectivity index (χ3v) is 3.06. The van der Waals surface area contributed by atoms with Crippen LogP contribution in [-0.4, -0.2) is 14.2 Å². The molecule has 0 bridgehead atoms. The summed E-state index contributed by atoms with van der Waals surface area (Å²) >= 11 is 0. The van der Waals surface area contributed by atoms with E-state index in [4.69, 9.17) is 9.47 Å². The Kier molecular flexibility index (Phi) is 4.96. The molecule has 0 unspecified atom stereocenters. The average molecular weight is 276 g/mol. The van der Waals surface area contributed by atoms with E-state index in [2.05, 4.69) is 5.32 Å². The number of nitrogens with two attached hydrogens (primary N) is 1. The van der Waals surface area contributed by atoms with Crippen LogP contribution in [0.25, 0.3) is 0 Å². The van der Waals surface area contributed by atoms with Crippen molar-refractivity contribution < 1.29 is 19.2 Å². The Bertz CT molecular complexity index is 550. The van der Waals surface area contributed by atoms with Gasteiger partial charge < -0.3 is 14.8 Å². The van der Waals surface area contributed by atoms with Gasteiger partial charge in [0.25, 0.3) is 0 Å². The third kappa shape index (κ3) is 3.96. The van der Waals surface area contributed by atoms with Gasteiger partial charge in [0.2, 0.25) is 0 Å². The number of halogens is 1. The van der Waals surface area contributed by atoms with Crippen molar-refractivity contribution in [3.63, 3.8) is 0 Å². The molecule has 0 saturated carbocycles. The Morgan fingerprint density at radius 1 is 0.900 bits per heavy atom. The van der Waals surface area contributed by atoms with E-state index in [-0.39, 0.29) is 5.82 Å². The largest absolute Gasteiger partial charge is 0.497 e. The lowest BCUT2D eigenvalue weighted by Crippen LogP contribution is -2.80. The minimum Gasteiger partial charge on any atom is -0.497 e. The normalized spacial score (nSPS) is 10.3. The maximum Gasteiger partial charge on any atom is 0.123 e. The van der Waals surface area contributed by atoms with Crippen molar-refractivity contribution in [2.45, 2.75) is 13.1 Å². The molecule has 0 atom stereocenters. The van der Waals surface area contributed by atoms with Crippen LogP contribution in [0.3, 0.4) is 0 Å². The van der Waals surface area contributed by atoms with Gasteiger partial charge in [0.15, 0.2) is 0 Å². The Morgan fingerprint density at radius 3 is 2.15 bits per heavy atom. The molecule has 0 saturated heterocycles. The molecule has 0 amide bonds. The zero-order chi connectivity index (χ0) is 14.4. The van der Waals surface area contributed by atoms with Crippen LogP contribution in [-0.2, 0) is 13.1 Å². The minimum absolute atomic E-state index is 0.195. The molecule has 106 valence electrons. The van der Waals surface area contributed by atoms with Gasteiger partial charge in [-0.2, -0.15) is 0 Å².